The van der Waals surface area contributed by atoms with Crippen molar-refractivity contribution in [3.8, 4) is 5.88 Å². The molecule has 2 N–H and O–H groups in total. The average Bonchev–Trinajstić information content (AvgIpc) is 2.61. The number of aromatic nitrogens is 1. The molecule has 0 saturated heterocycles. The van der Waals surface area contributed by atoms with Crippen molar-refractivity contribution in [2.24, 2.45) is 0 Å². The van der Waals surface area contributed by atoms with Gasteiger partial charge in [0, 0.05) is 17.4 Å². The van der Waals surface area contributed by atoms with Crippen LogP contribution in [-0.4, -0.2) is 34.8 Å². The second-order valence-corrected chi connectivity index (χ2v) is 6.88. The fourth-order valence-electron chi connectivity index (χ4n) is 2.30. The van der Waals surface area contributed by atoms with Gasteiger partial charge in [-0.3, -0.25) is 9.59 Å². The number of carbonyl (C=O) groups excluding carboxylic acids is 2. The molecule has 1 aliphatic rings. The summed E-state index contributed by atoms with van der Waals surface area (Å²) in [6, 6.07) is 9.88. The first kappa shape index (κ1) is 19.0. The number of ether oxygens (including phenoxy) is 1. The van der Waals surface area contributed by atoms with Crippen molar-refractivity contribution in [2.45, 2.75) is 22.7 Å². The van der Waals surface area contributed by atoms with Crippen molar-refractivity contribution in [2.75, 3.05) is 17.2 Å². The molecule has 142 valence electrons. The number of thioether (sulfide) groups is 1. The SMILES string of the molecule is O=C(CC1Sc2ccccc2NC1=O)Nc1ccc(OCC(F)(F)F)nc1. The Bertz CT molecular complexity index is 843. The number of benzene rings is 1. The van der Waals surface area contributed by atoms with Crippen LogP contribution in [0.25, 0.3) is 0 Å². The number of nitrogens with zero attached hydrogens (tertiary/aromatic N) is 1. The maximum atomic E-state index is 12.2. The van der Waals surface area contributed by atoms with Gasteiger partial charge in [-0.2, -0.15) is 13.2 Å². The number of nitrogens with one attached hydrogen (secondary N) is 2. The Kier molecular flexibility index (Phi) is 5.54. The zero-order valence-corrected chi connectivity index (χ0v) is 14.6. The van der Waals surface area contributed by atoms with Gasteiger partial charge in [-0.1, -0.05) is 12.1 Å². The van der Waals surface area contributed by atoms with Crippen LogP contribution in [0.15, 0.2) is 47.5 Å². The zero-order valence-electron chi connectivity index (χ0n) is 13.7. The van der Waals surface area contributed by atoms with Crippen LogP contribution in [0.1, 0.15) is 6.42 Å². The summed E-state index contributed by atoms with van der Waals surface area (Å²) >= 11 is 1.30. The third-order valence-electron chi connectivity index (χ3n) is 3.48. The first-order valence-electron chi connectivity index (χ1n) is 7.82. The highest BCUT2D eigenvalue weighted by Gasteiger charge is 2.29. The van der Waals surface area contributed by atoms with Crippen molar-refractivity contribution in [1.29, 1.82) is 0 Å². The summed E-state index contributed by atoms with van der Waals surface area (Å²) < 4.78 is 40.8. The summed E-state index contributed by atoms with van der Waals surface area (Å²) in [6.45, 7) is -1.44. The summed E-state index contributed by atoms with van der Waals surface area (Å²) in [5.74, 6) is -0.875. The lowest BCUT2D eigenvalue weighted by atomic mass is 10.2. The molecule has 1 aromatic carbocycles. The molecule has 10 heteroatoms. The van der Waals surface area contributed by atoms with Crippen LogP contribution in [0.4, 0.5) is 24.5 Å². The topological polar surface area (TPSA) is 80.3 Å². The van der Waals surface area contributed by atoms with E-state index in [4.69, 9.17) is 0 Å². The molecule has 0 saturated carbocycles. The predicted octanol–water partition coefficient (Wildman–Crippen LogP) is 3.46. The molecule has 1 aliphatic heterocycles. The molecule has 1 aromatic heterocycles. The third kappa shape index (κ3) is 5.36. The standard InChI is InChI=1S/C17H14F3N3O3S/c18-17(19,20)9-26-15-6-5-10(8-21-15)22-14(24)7-13-16(25)23-11-3-1-2-4-12(11)27-13/h1-6,8,13H,7,9H2,(H,22,24)(H,23,25). The monoisotopic (exact) mass is 397 g/mol. The molecule has 27 heavy (non-hydrogen) atoms. The molecule has 2 amide bonds. The molecule has 3 rings (SSSR count). The molecule has 0 radical (unpaired) electrons. The van der Waals surface area contributed by atoms with Crippen LogP contribution >= 0.6 is 11.8 Å². The Morgan fingerprint density at radius 3 is 2.74 bits per heavy atom. The van der Waals surface area contributed by atoms with Crippen molar-refractivity contribution in [3.05, 3.63) is 42.6 Å². The number of hydrogen-bond acceptors (Lipinski definition) is 5. The Morgan fingerprint density at radius 1 is 1.26 bits per heavy atom. The highest BCUT2D eigenvalue weighted by Crippen LogP contribution is 2.36. The molecule has 0 bridgehead atoms. The maximum absolute atomic E-state index is 12.2. The van der Waals surface area contributed by atoms with E-state index in [0.717, 1.165) is 4.90 Å². The van der Waals surface area contributed by atoms with Gasteiger partial charge in [0.05, 0.1) is 22.8 Å². The zero-order chi connectivity index (χ0) is 19.4. The predicted molar refractivity (Wildman–Crippen MR) is 93.8 cm³/mol. The molecule has 1 unspecified atom stereocenters. The Balaban J connectivity index is 1.54. The molecule has 0 fully saturated rings. The summed E-state index contributed by atoms with van der Waals surface area (Å²) in [6.07, 6.45) is -3.32. The van der Waals surface area contributed by atoms with Crippen LogP contribution in [0, 0.1) is 0 Å². The molecule has 6 nitrogen and oxygen atoms in total. The molecule has 0 spiro atoms. The van der Waals surface area contributed by atoms with Crippen molar-refractivity contribution < 1.29 is 27.5 Å². The van der Waals surface area contributed by atoms with E-state index in [1.165, 1.54) is 30.1 Å². The van der Waals surface area contributed by atoms with Gasteiger partial charge in [0.15, 0.2) is 6.61 Å². The van der Waals surface area contributed by atoms with Gasteiger partial charge in [0.25, 0.3) is 0 Å². The summed E-state index contributed by atoms with van der Waals surface area (Å²) in [5, 5.41) is 4.73. The lowest BCUT2D eigenvalue weighted by Gasteiger charge is -2.23. The normalized spacial score (nSPS) is 16.3. The van der Waals surface area contributed by atoms with Crippen LogP contribution < -0.4 is 15.4 Å². The number of amides is 2. The fraction of sp³-hybridized carbons (Fsp3) is 0.235. The van der Waals surface area contributed by atoms with E-state index in [0.29, 0.717) is 11.4 Å². The number of anilines is 2. The van der Waals surface area contributed by atoms with Gasteiger partial charge in [0.1, 0.15) is 0 Å². The molecule has 2 heterocycles. The summed E-state index contributed by atoms with van der Waals surface area (Å²) in [4.78, 5) is 28.9. The van der Waals surface area contributed by atoms with Gasteiger partial charge in [-0.25, -0.2) is 4.98 Å². The van der Waals surface area contributed by atoms with Crippen LogP contribution in [0.5, 0.6) is 5.88 Å². The van der Waals surface area contributed by atoms with Gasteiger partial charge >= 0.3 is 6.18 Å². The van der Waals surface area contributed by atoms with Gasteiger partial charge in [-0.05, 0) is 18.2 Å². The van der Waals surface area contributed by atoms with E-state index >= 15 is 0 Å². The maximum Gasteiger partial charge on any atom is 0.422 e. The molecular formula is C17H14F3N3O3S. The lowest BCUT2D eigenvalue weighted by molar-refractivity contribution is -0.154. The van der Waals surface area contributed by atoms with E-state index in [-0.39, 0.29) is 18.2 Å². The first-order valence-corrected chi connectivity index (χ1v) is 8.70. The number of hydrogen-bond donors (Lipinski definition) is 2. The summed E-state index contributed by atoms with van der Waals surface area (Å²) in [5.41, 5.74) is 1.00. The number of alkyl halides is 3. The number of para-hydroxylation sites is 1. The lowest BCUT2D eigenvalue weighted by Crippen LogP contribution is -2.32. The summed E-state index contributed by atoms with van der Waals surface area (Å²) in [7, 11) is 0. The molecule has 2 aromatic rings. The van der Waals surface area contributed by atoms with E-state index in [1.807, 2.05) is 18.2 Å². The minimum atomic E-state index is -4.45. The van der Waals surface area contributed by atoms with Gasteiger partial charge < -0.3 is 15.4 Å². The van der Waals surface area contributed by atoms with Crippen LogP contribution in [-0.2, 0) is 9.59 Å². The van der Waals surface area contributed by atoms with Gasteiger partial charge in [-0.15, -0.1) is 11.8 Å². The van der Waals surface area contributed by atoms with Crippen molar-refractivity contribution >= 4 is 35.0 Å². The smallest absolute Gasteiger partial charge is 0.422 e. The minimum absolute atomic E-state index is 0.0584. The number of halogens is 3. The van der Waals surface area contributed by atoms with E-state index < -0.39 is 23.9 Å². The molecular weight excluding hydrogens is 383 g/mol. The van der Waals surface area contributed by atoms with Crippen molar-refractivity contribution in [3.63, 3.8) is 0 Å². The Hall–Kier alpha value is -2.75. The molecule has 0 aliphatic carbocycles. The minimum Gasteiger partial charge on any atom is -0.468 e. The highest BCUT2D eigenvalue weighted by molar-refractivity contribution is 8.01. The Morgan fingerprint density at radius 2 is 2.04 bits per heavy atom. The van der Waals surface area contributed by atoms with Crippen LogP contribution in [0.3, 0.4) is 0 Å². The molecule has 1 atom stereocenters. The number of rotatable bonds is 5. The quantitative estimate of drug-likeness (QED) is 0.808. The average molecular weight is 397 g/mol. The van der Waals surface area contributed by atoms with E-state index in [9.17, 15) is 22.8 Å². The third-order valence-corrected chi connectivity index (χ3v) is 4.76. The number of carbonyl (C=O) groups is 2. The highest BCUT2D eigenvalue weighted by atomic mass is 32.2. The number of pyridine rings is 1. The second kappa shape index (κ2) is 7.87. The fourth-order valence-corrected chi connectivity index (χ4v) is 3.41. The first-order chi connectivity index (χ1) is 12.8. The Labute approximate surface area is 156 Å². The number of fused-ring (bicyclic) bond motifs is 1. The second-order valence-electron chi connectivity index (χ2n) is 5.63. The largest absolute Gasteiger partial charge is 0.468 e. The van der Waals surface area contributed by atoms with E-state index in [2.05, 4.69) is 20.4 Å². The van der Waals surface area contributed by atoms with E-state index in [1.54, 1.807) is 6.07 Å². The van der Waals surface area contributed by atoms with Crippen LogP contribution in [0.2, 0.25) is 0 Å². The van der Waals surface area contributed by atoms with Gasteiger partial charge in [0.2, 0.25) is 17.7 Å². The van der Waals surface area contributed by atoms with Crippen molar-refractivity contribution in [1.82, 2.24) is 4.98 Å².